The van der Waals surface area contributed by atoms with Gasteiger partial charge in [0.15, 0.2) is 0 Å². The minimum absolute atomic E-state index is 0.122. The number of benzene rings is 1. The Hall–Kier alpha value is -2.30. The summed E-state index contributed by atoms with van der Waals surface area (Å²) < 4.78 is 5.77. The molecule has 0 aliphatic carbocycles. The lowest BCUT2D eigenvalue weighted by atomic mass is 10.0. The van der Waals surface area contributed by atoms with Crippen molar-refractivity contribution in [2.45, 2.75) is 59.3 Å². The average Bonchev–Trinajstić information content (AvgIpc) is 2.98. The first-order chi connectivity index (χ1) is 14.0. The standard InChI is InChI=1S/C24H34N2O3/c1-4-5-7-16-26-23(27)21(22(24(26)28)25-14-8-6-9-15-25)19-10-12-20(13-11-19)29-17-18(2)3/h10-13,18H,4-9,14-17H2,1-3H3. The molecule has 1 saturated heterocycles. The third-order valence-corrected chi connectivity index (χ3v) is 5.53. The molecular weight excluding hydrogens is 364 g/mol. The van der Waals surface area contributed by atoms with Crippen LogP contribution in [0.25, 0.3) is 5.57 Å². The Morgan fingerprint density at radius 3 is 2.28 bits per heavy atom. The molecule has 0 atom stereocenters. The summed E-state index contributed by atoms with van der Waals surface area (Å²) in [4.78, 5) is 30.1. The highest BCUT2D eigenvalue weighted by molar-refractivity contribution is 6.35. The van der Waals surface area contributed by atoms with Crippen molar-refractivity contribution in [3.8, 4) is 5.75 Å². The van der Waals surface area contributed by atoms with Gasteiger partial charge >= 0.3 is 0 Å². The quantitative estimate of drug-likeness (QED) is 0.455. The summed E-state index contributed by atoms with van der Waals surface area (Å²) in [5, 5.41) is 0. The van der Waals surface area contributed by atoms with Crippen molar-refractivity contribution in [1.82, 2.24) is 9.80 Å². The van der Waals surface area contributed by atoms with Gasteiger partial charge in [0.1, 0.15) is 11.4 Å². The molecule has 1 aromatic carbocycles. The van der Waals surface area contributed by atoms with E-state index in [4.69, 9.17) is 4.74 Å². The molecule has 5 heteroatoms. The van der Waals surface area contributed by atoms with E-state index in [1.165, 1.54) is 11.3 Å². The second-order valence-corrected chi connectivity index (χ2v) is 8.47. The first-order valence-electron chi connectivity index (χ1n) is 11.1. The van der Waals surface area contributed by atoms with Crippen molar-refractivity contribution in [1.29, 1.82) is 0 Å². The average molecular weight is 399 g/mol. The van der Waals surface area contributed by atoms with Crippen LogP contribution in [0, 0.1) is 5.92 Å². The Labute approximate surface area is 174 Å². The van der Waals surface area contributed by atoms with Crippen molar-refractivity contribution in [2.75, 3.05) is 26.2 Å². The molecule has 0 N–H and O–H groups in total. The molecule has 0 spiro atoms. The van der Waals surface area contributed by atoms with E-state index in [0.717, 1.165) is 56.5 Å². The maximum atomic E-state index is 13.3. The number of imide groups is 1. The van der Waals surface area contributed by atoms with E-state index in [1.807, 2.05) is 24.3 Å². The number of piperidine rings is 1. The van der Waals surface area contributed by atoms with E-state index in [1.54, 1.807) is 0 Å². The molecule has 2 amide bonds. The molecular formula is C24H34N2O3. The summed E-state index contributed by atoms with van der Waals surface area (Å²) in [6.07, 6.45) is 6.26. The number of carbonyl (C=O) groups excluding carboxylic acids is 2. The van der Waals surface area contributed by atoms with Gasteiger partial charge in [-0.25, -0.2) is 0 Å². The number of rotatable bonds is 9. The van der Waals surface area contributed by atoms with Gasteiger partial charge < -0.3 is 9.64 Å². The van der Waals surface area contributed by atoms with Gasteiger partial charge in [0.25, 0.3) is 11.8 Å². The highest BCUT2D eigenvalue weighted by Crippen LogP contribution is 2.34. The molecule has 2 heterocycles. The number of amides is 2. The van der Waals surface area contributed by atoms with E-state index in [2.05, 4.69) is 25.7 Å². The Morgan fingerprint density at radius 2 is 1.66 bits per heavy atom. The minimum Gasteiger partial charge on any atom is -0.493 e. The molecule has 5 nitrogen and oxygen atoms in total. The fraction of sp³-hybridized carbons (Fsp3) is 0.583. The van der Waals surface area contributed by atoms with Gasteiger partial charge in [-0.3, -0.25) is 14.5 Å². The van der Waals surface area contributed by atoms with Crippen LogP contribution in [0.3, 0.4) is 0 Å². The predicted molar refractivity (Wildman–Crippen MR) is 115 cm³/mol. The van der Waals surface area contributed by atoms with Crippen molar-refractivity contribution in [2.24, 2.45) is 5.92 Å². The van der Waals surface area contributed by atoms with E-state index >= 15 is 0 Å². The highest BCUT2D eigenvalue weighted by Gasteiger charge is 2.41. The maximum absolute atomic E-state index is 13.3. The van der Waals surface area contributed by atoms with Crippen molar-refractivity contribution < 1.29 is 14.3 Å². The normalized spacial score (nSPS) is 17.7. The van der Waals surface area contributed by atoms with Gasteiger partial charge in [-0.1, -0.05) is 45.7 Å². The first-order valence-corrected chi connectivity index (χ1v) is 11.1. The molecule has 0 bridgehead atoms. The van der Waals surface area contributed by atoms with Crippen LogP contribution in [0.15, 0.2) is 30.0 Å². The molecule has 0 aromatic heterocycles. The number of carbonyl (C=O) groups is 2. The SMILES string of the molecule is CCCCCN1C(=O)C(c2ccc(OCC(C)C)cc2)=C(N2CCCCC2)C1=O. The molecule has 2 aliphatic rings. The molecule has 3 rings (SSSR count). The van der Waals surface area contributed by atoms with E-state index in [9.17, 15) is 9.59 Å². The van der Waals surface area contributed by atoms with E-state index in [0.29, 0.717) is 30.3 Å². The van der Waals surface area contributed by atoms with Crippen LogP contribution < -0.4 is 4.74 Å². The minimum atomic E-state index is -0.150. The van der Waals surface area contributed by atoms with Gasteiger partial charge in [0, 0.05) is 19.6 Å². The number of hydrogen-bond donors (Lipinski definition) is 0. The monoisotopic (exact) mass is 398 g/mol. The highest BCUT2D eigenvalue weighted by atomic mass is 16.5. The Balaban J connectivity index is 1.88. The van der Waals surface area contributed by atoms with Crippen molar-refractivity contribution in [3.05, 3.63) is 35.5 Å². The van der Waals surface area contributed by atoms with Gasteiger partial charge in [-0.2, -0.15) is 0 Å². The second-order valence-electron chi connectivity index (χ2n) is 8.47. The number of ether oxygens (including phenoxy) is 1. The van der Waals surface area contributed by atoms with E-state index < -0.39 is 0 Å². The summed E-state index contributed by atoms with van der Waals surface area (Å²) >= 11 is 0. The number of unbranched alkanes of at least 4 members (excludes halogenated alkanes) is 2. The summed E-state index contributed by atoms with van der Waals surface area (Å²) in [5.74, 6) is 0.971. The molecule has 0 radical (unpaired) electrons. The van der Waals surface area contributed by atoms with Crippen LogP contribution in [-0.4, -0.2) is 47.9 Å². The first kappa shape index (κ1) is 21.4. The van der Waals surface area contributed by atoms with E-state index in [-0.39, 0.29) is 11.8 Å². The second kappa shape index (κ2) is 9.95. The molecule has 0 unspecified atom stereocenters. The molecule has 0 saturated carbocycles. The van der Waals surface area contributed by atoms with Gasteiger partial charge in [0.2, 0.25) is 0 Å². The fourth-order valence-corrected chi connectivity index (χ4v) is 3.94. The van der Waals surface area contributed by atoms with Crippen molar-refractivity contribution in [3.63, 3.8) is 0 Å². The maximum Gasteiger partial charge on any atom is 0.277 e. The molecule has 1 fully saturated rings. The van der Waals surface area contributed by atoms with Gasteiger partial charge in [-0.15, -0.1) is 0 Å². The van der Waals surface area contributed by atoms with Gasteiger partial charge in [-0.05, 0) is 49.3 Å². The van der Waals surface area contributed by atoms with Gasteiger partial charge in [0.05, 0.1) is 12.2 Å². The van der Waals surface area contributed by atoms with Crippen molar-refractivity contribution >= 4 is 17.4 Å². The summed E-state index contributed by atoms with van der Waals surface area (Å²) in [6, 6.07) is 7.62. The summed E-state index contributed by atoms with van der Waals surface area (Å²) in [7, 11) is 0. The van der Waals surface area contributed by atoms with Crippen LogP contribution in [0.2, 0.25) is 0 Å². The summed E-state index contributed by atoms with van der Waals surface area (Å²) in [6.45, 7) is 9.19. The smallest absolute Gasteiger partial charge is 0.277 e. The molecule has 1 aromatic rings. The molecule has 158 valence electrons. The largest absolute Gasteiger partial charge is 0.493 e. The lowest BCUT2D eigenvalue weighted by Crippen LogP contribution is -2.37. The zero-order valence-corrected chi connectivity index (χ0v) is 18.1. The third-order valence-electron chi connectivity index (χ3n) is 5.53. The third kappa shape index (κ3) is 5.01. The Kier molecular flexibility index (Phi) is 7.34. The molecule has 2 aliphatic heterocycles. The Bertz CT molecular complexity index is 746. The molecule has 29 heavy (non-hydrogen) atoms. The van der Waals surface area contributed by atoms with Crippen LogP contribution in [0.4, 0.5) is 0 Å². The van der Waals surface area contributed by atoms with Crippen LogP contribution in [-0.2, 0) is 9.59 Å². The predicted octanol–water partition coefficient (Wildman–Crippen LogP) is 4.48. The lowest BCUT2D eigenvalue weighted by Gasteiger charge is -2.29. The lowest BCUT2D eigenvalue weighted by molar-refractivity contribution is -0.137. The Morgan fingerprint density at radius 1 is 0.966 bits per heavy atom. The zero-order valence-electron chi connectivity index (χ0n) is 18.1. The number of hydrogen-bond acceptors (Lipinski definition) is 4. The van der Waals surface area contributed by atoms with Crippen LogP contribution in [0.5, 0.6) is 5.75 Å². The summed E-state index contributed by atoms with van der Waals surface area (Å²) in [5.41, 5.74) is 1.96. The zero-order chi connectivity index (χ0) is 20.8. The fourth-order valence-electron chi connectivity index (χ4n) is 3.94. The van der Waals surface area contributed by atoms with Crippen LogP contribution >= 0.6 is 0 Å². The number of likely N-dealkylation sites (tertiary alicyclic amines) is 1. The van der Waals surface area contributed by atoms with Crippen LogP contribution in [0.1, 0.15) is 64.9 Å². The topological polar surface area (TPSA) is 49.9 Å². The number of nitrogens with zero attached hydrogens (tertiary/aromatic N) is 2.